The van der Waals surface area contributed by atoms with E-state index in [-0.39, 0.29) is 11.8 Å². The molecule has 0 bridgehead atoms. The highest BCUT2D eigenvalue weighted by atomic mass is 19.4. The van der Waals surface area contributed by atoms with Gasteiger partial charge in [-0.15, -0.1) is 0 Å². The van der Waals surface area contributed by atoms with Crippen LogP contribution >= 0.6 is 0 Å². The highest BCUT2D eigenvalue weighted by molar-refractivity contribution is 5.90. The average Bonchev–Trinajstić information content (AvgIpc) is 2.93. The monoisotopic (exact) mass is 557 g/mol. The van der Waals surface area contributed by atoms with Crippen LogP contribution < -0.4 is 16.0 Å². The first-order valence-corrected chi connectivity index (χ1v) is 12.3. The Kier molecular flexibility index (Phi) is 8.63. The van der Waals surface area contributed by atoms with E-state index in [1.54, 1.807) is 13.1 Å². The van der Waals surface area contributed by atoms with Gasteiger partial charge in [-0.1, -0.05) is 36.4 Å². The number of nitrogen functional groups attached to an aromatic ring is 1. The lowest BCUT2D eigenvalue weighted by Gasteiger charge is -2.37. The van der Waals surface area contributed by atoms with E-state index in [1.807, 2.05) is 24.3 Å². The number of carbonyl (C=O) groups is 1. The molecule has 1 fully saturated rings. The molecule has 5 rings (SSSR count). The van der Waals surface area contributed by atoms with Crippen LogP contribution in [0.4, 0.5) is 35.0 Å². The van der Waals surface area contributed by atoms with Crippen LogP contribution in [0.1, 0.15) is 5.56 Å². The van der Waals surface area contributed by atoms with Crippen molar-refractivity contribution in [2.24, 2.45) is 0 Å². The van der Waals surface area contributed by atoms with E-state index in [1.165, 1.54) is 11.6 Å². The normalized spacial score (nSPS) is 14.0. The number of pyridine rings is 1. The molecule has 1 aliphatic heterocycles. The molecule has 0 radical (unpaired) electrons. The largest absolute Gasteiger partial charge is 0.490 e. The van der Waals surface area contributed by atoms with Crippen LogP contribution in [0.3, 0.4) is 0 Å². The minimum absolute atomic E-state index is 0.125. The predicted molar refractivity (Wildman–Crippen MR) is 144 cm³/mol. The molecule has 0 aliphatic carbocycles. The van der Waals surface area contributed by atoms with Crippen molar-refractivity contribution >= 4 is 34.5 Å². The Labute approximate surface area is 227 Å². The number of piperazine rings is 1. The fourth-order valence-electron chi connectivity index (χ4n) is 4.37. The van der Waals surface area contributed by atoms with Crippen molar-refractivity contribution in [3.8, 4) is 11.3 Å². The first kappa shape index (κ1) is 28.5. The Hall–Kier alpha value is -4.52. The van der Waals surface area contributed by atoms with E-state index >= 15 is 4.39 Å². The van der Waals surface area contributed by atoms with Crippen LogP contribution in [-0.4, -0.2) is 70.3 Å². The van der Waals surface area contributed by atoms with E-state index in [9.17, 15) is 13.2 Å². The number of carboxylic acid groups (broad SMARTS) is 1. The van der Waals surface area contributed by atoms with Gasteiger partial charge in [0.25, 0.3) is 0 Å². The quantitative estimate of drug-likeness (QED) is 0.307. The van der Waals surface area contributed by atoms with Gasteiger partial charge in [0.15, 0.2) is 5.65 Å². The van der Waals surface area contributed by atoms with Crippen LogP contribution in [0.5, 0.6) is 0 Å². The van der Waals surface area contributed by atoms with Crippen molar-refractivity contribution in [1.29, 1.82) is 0 Å². The molecule has 0 amide bonds. The van der Waals surface area contributed by atoms with Crippen LogP contribution in [0.2, 0.25) is 0 Å². The summed E-state index contributed by atoms with van der Waals surface area (Å²) < 4.78 is 46.9. The Morgan fingerprint density at radius 1 is 0.975 bits per heavy atom. The van der Waals surface area contributed by atoms with Crippen molar-refractivity contribution in [2.45, 2.75) is 12.7 Å². The number of nitrogens with one attached hydrogen (secondary N) is 1. The average molecular weight is 558 g/mol. The van der Waals surface area contributed by atoms with Gasteiger partial charge in [0.1, 0.15) is 11.6 Å². The van der Waals surface area contributed by atoms with Gasteiger partial charge in [-0.3, -0.25) is 4.90 Å². The van der Waals surface area contributed by atoms with Gasteiger partial charge in [-0.05, 0) is 29.8 Å². The van der Waals surface area contributed by atoms with Crippen LogP contribution in [0.15, 0.2) is 60.7 Å². The molecule has 9 nitrogen and oxygen atoms in total. The molecule has 210 valence electrons. The number of anilines is 3. The molecule has 4 N–H and O–H groups in total. The molecule has 3 heterocycles. The summed E-state index contributed by atoms with van der Waals surface area (Å²) in [5.41, 5.74) is 9.45. The molecule has 40 heavy (non-hydrogen) atoms. The number of alkyl halides is 3. The molecule has 2 aromatic carbocycles. The molecule has 0 saturated carbocycles. The molecule has 2 aromatic heterocycles. The standard InChI is InChI=1S/C25H26FN7.C2HF3O2/c1-28-23-18-10-11-20(29-24(18)31-25(27)30-23)22-19(26)8-5-9-21(22)33-14-12-32(13-15-33)16-17-6-3-2-4-7-17;3-2(4,5)1(6)7/h2-11H,12-16H2,1H3,(H3,27,28,29,30,31);(H,6,7). The molecule has 0 atom stereocenters. The van der Waals surface area contributed by atoms with Gasteiger partial charge in [-0.2, -0.15) is 23.1 Å². The van der Waals surface area contributed by atoms with Gasteiger partial charge in [-0.25, -0.2) is 14.2 Å². The third-order valence-corrected chi connectivity index (χ3v) is 6.27. The Bertz CT molecular complexity index is 1480. The number of benzene rings is 2. The molecule has 1 saturated heterocycles. The summed E-state index contributed by atoms with van der Waals surface area (Å²) in [6.07, 6.45) is -5.08. The summed E-state index contributed by atoms with van der Waals surface area (Å²) in [6.45, 7) is 4.37. The summed E-state index contributed by atoms with van der Waals surface area (Å²) in [7, 11) is 1.77. The molecular formula is C27H27F4N7O2. The molecule has 4 aromatic rings. The fraction of sp³-hybridized carbons (Fsp3) is 0.259. The fourth-order valence-corrected chi connectivity index (χ4v) is 4.37. The van der Waals surface area contributed by atoms with Gasteiger partial charge >= 0.3 is 12.1 Å². The van der Waals surface area contributed by atoms with Gasteiger partial charge < -0.3 is 21.1 Å². The van der Waals surface area contributed by atoms with Gasteiger partial charge in [0.05, 0.1) is 16.6 Å². The second-order valence-electron chi connectivity index (χ2n) is 8.93. The maximum atomic E-state index is 15.1. The number of fused-ring (bicyclic) bond motifs is 1. The zero-order valence-corrected chi connectivity index (χ0v) is 21.5. The topological polar surface area (TPSA) is 120 Å². The molecule has 1 aliphatic rings. The number of nitrogens with two attached hydrogens (primary N) is 1. The molecule has 0 unspecified atom stereocenters. The summed E-state index contributed by atoms with van der Waals surface area (Å²) in [5.74, 6) is -2.34. The Balaban J connectivity index is 0.000000470. The number of hydrogen-bond acceptors (Lipinski definition) is 8. The van der Waals surface area contributed by atoms with E-state index in [2.05, 4.69) is 54.3 Å². The third kappa shape index (κ3) is 6.72. The summed E-state index contributed by atoms with van der Waals surface area (Å²) in [5, 5.41) is 10.9. The lowest BCUT2D eigenvalue weighted by molar-refractivity contribution is -0.192. The van der Waals surface area contributed by atoms with Crippen molar-refractivity contribution in [3.63, 3.8) is 0 Å². The number of halogens is 4. The highest BCUT2D eigenvalue weighted by Gasteiger charge is 2.38. The lowest BCUT2D eigenvalue weighted by atomic mass is 10.1. The lowest BCUT2D eigenvalue weighted by Crippen LogP contribution is -2.46. The number of nitrogens with zero attached hydrogens (tertiary/aromatic N) is 5. The number of carboxylic acids is 1. The smallest absolute Gasteiger partial charge is 0.475 e. The number of aliphatic carboxylic acids is 1. The number of aromatic nitrogens is 3. The maximum absolute atomic E-state index is 15.1. The minimum Gasteiger partial charge on any atom is -0.475 e. The van der Waals surface area contributed by atoms with Crippen LogP contribution in [0.25, 0.3) is 22.3 Å². The summed E-state index contributed by atoms with van der Waals surface area (Å²) in [6, 6.07) is 19.3. The van der Waals surface area contributed by atoms with Gasteiger partial charge in [0.2, 0.25) is 5.95 Å². The van der Waals surface area contributed by atoms with Gasteiger partial charge in [0, 0.05) is 45.5 Å². The highest BCUT2D eigenvalue weighted by Crippen LogP contribution is 2.34. The maximum Gasteiger partial charge on any atom is 0.490 e. The zero-order chi connectivity index (χ0) is 28.9. The van der Waals surface area contributed by atoms with E-state index in [0.29, 0.717) is 22.7 Å². The van der Waals surface area contributed by atoms with Crippen molar-refractivity contribution < 1.29 is 27.5 Å². The Morgan fingerprint density at radius 3 is 2.27 bits per heavy atom. The zero-order valence-electron chi connectivity index (χ0n) is 21.5. The minimum atomic E-state index is -5.08. The van der Waals surface area contributed by atoms with E-state index < -0.39 is 12.1 Å². The SMILES string of the molecule is CNc1nc(N)nc2nc(-c3c(F)cccc3N3CCN(Cc4ccccc4)CC3)ccc12.O=C(O)C(F)(F)F. The van der Waals surface area contributed by atoms with Crippen LogP contribution in [-0.2, 0) is 11.3 Å². The first-order chi connectivity index (χ1) is 19.1. The van der Waals surface area contributed by atoms with Crippen molar-refractivity contribution in [2.75, 3.05) is 49.2 Å². The summed E-state index contributed by atoms with van der Waals surface area (Å²) in [4.78, 5) is 26.7. The Morgan fingerprint density at radius 2 is 1.65 bits per heavy atom. The third-order valence-electron chi connectivity index (χ3n) is 6.27. The molecular weight excluding hydrogens is 530 g/mol. The number of hydrogen-bond donors (Lipinski definition) is 3. The second-order valence-corrected chi connectivity index (χ2v) is 8.93. The van der Waals surface area contributed by atoms with Crippen molar-refractivity contribution in [3.05, 3.63) is 72.0 Å². The molecule has 0 spiro atoms. The predicted octanol–water partition coefficient (Wildman–Crippen LogP) is 4.41. The van der Waals surface area contributed by atoms with Crippen LogP contribution in [0, 0.1) is 5.82 Å². The summed E-state index contributed by atoms with van der Waals surface area (Å²) >= 11 is 0. The van der Waals surface area contributed by atoms with E-state index in [4.69, 9.17) is 15.6 Å². The van der Waals surface area contributed by atoms with Crippen molar-refractivity contribution in [1.82, 2.24) is 19.9 Å². The van der Waals surface area contributed by atoms with E-state index in [0.717, 1.165) is 43.8 Å². The second kappa shape index (κ2) is 12.1. The first-order valence-electron chi connectivity index (χ1n) is 12.3. The number of rotatable bonds is 5. The molecule has 13 heteroatoms.